The van der Waals surface area contributed by atoms with Crippen LogP contribution in [-0.2, 0) is 17.9 Å². The number of nitrogens with one attached hydrogen (secondary N) is 2. The Morgan fingerprint density at radius 3 is 3.11 bits per heavy atom. The lowest BCUT2D eigenvalue weighted by atomic mass is 10.1. The van der Waals surface area contributed by atoms with Crippen LogP contribution >= 0.6 is 0 Å². The van der Waals surface area contributed by atoms with Gasteiger partial charge in [0, 0.05) is 48.2 Å². The third kappa shape index (κ3) is 2.46. The van der Waals surface area contributed by atoms with E-state index in [4.69, 9.17) is 4.74 Å². The minimum absolute atomic E-state index is 0.593. The second-order valence-electron chi connectivity index (χ2n) is 6.86. The van der Waals surface area contributed by atoms with Gasteiger partial charge >= 0.3 is 0 Å². The lowest BCUT2D eigenvalue weighted by Gasteiger charge is -2.12. The highest BCUT2D eigenvalue weighted by Crippen LogP contribution is 2.29. The number of nitrogens with zero attached hydrogens (tertiary/aromatic N) is 5. The molecule has 0 atom stereocenters. The molecule has 0 spiro atoms. The molecule has 6 rings (SSSR count). The molecular weight excluding hydrogens is 354 g/mol. The molecule has 8 heteroatoms. The van der Waals surface area contributed by atoms with Gasteiger partial charge in [0.05, 0.1) is 42.2 Å². The van der Waals surface area contributed by atoms with Crippen LogP contribution in [0.1, 0.15) is 5.69 Å². The van der Waals surface area contributed by atoms with Gasteiger partial charge in [0.1, 0.15) is 0 Å². The molecular formula is C20H17N7O. The molecule has 1 aliphatic rings. The van der Waals surface area contributed by atoms with E-state index in [0.717, 1.165) is 51.6 Å². The molecule has 0 saturated heterocycles. The molecule has 0 radical (unpaired) electrons. The van der Waals surface area contributed by atoms with E-state index < -0.39 is 0 Å². The van der Waals surface area contributed by atoms with Crippen LogP contribution in [0.3, 0.4) is 0 Å². The van der Waals surface area contributed by atoms with E-state index in [0.29, 0.717) is 13.2 Å². The van der Waals surface area contributed by atoms with E-state index in [1.807, 2.05) is 39.8 Å². The van der Waals surface area contributed by atoms with Crippen LogP contribution in [0, 0.1) is 0 Å². The Morgan fingerprint density at radius 2 is 2.14 bits per heavy atom. The summed E-state index contributed by atoms with van der Waals surface area (Å²) in [4.78, 5) is 12.3. The van der Waals surface area contributed by atoms with Gasteiger partial charge in [0.2, 0.25) is 0 Å². The average molecular weight is 371 g/mol. The molecule has 0 aliphatic carbocycles. The molecule has 8 nitrogen and oxygen atoms in total. The Labute approximate surface area is 159 Å². The predicted molar refractivity (Wildman–Crippen MR) is 105 cm³/mol. The average Bonchev–Trinajstić information content (AvgIpc) is 3.45. The normalized spacial score (nSPS) is 13.9. The molecule has 0 aromatic carbocycles. The van der Waals surface area contributed by atoms with Crippen LogP contribution < -0.4 is 5.32 Å². The zero-order valence-corrected chi connectivity index (χ0v) is 15.0. The SMILES string of the molecule is c1cn2cc(-c3cnc4cc[nH]c4c3)cc(Nc3cc4n(n3)CCOC4)c2n1. The smallest absolute Gasteiger partial charge is 0.160 e. The summed E-state index contributed by atoms with van der Waals surface area (Å²) in [6, 6.07) is 8.19. The Bertz CT molecular complexity index is 1290. The number of rotatable bonds is 3. The Balaban J connectivity index is 1.44. The van der Waals surface area contributed by atoms with Gasteiger partial charge in [-0.3, -0.25) is 9.67 Å². The minimum atomic E-state index is 0.593. The van der Waals surface area contributed by atoms with Crippen molar-refractivity contribution in [1.82, 2.24) is 29.1 Å². The molecule has 1 aliphatic heterocycles. The summed E-state index contributed by atoms with van der Waals surface area (Å²) in [6.07, 6.45) is 9.59. The van der Waals surface area contributed by atoms with Crippen molar-refractivity contribution in [3.05, 3.63) is 60.9 Å². The molecule has 6 heterocycles. The number of aromatic amines is 1. The van der Waals surface area contributed by atoms with Gasteiger partial charge in [0.25, 0.3) is 0 Å². The molecule has 0 bridgehead atoms. The molecule has 0 fully saturated rings. The van der Waals surface area contributed by atoms with Crippen LogP contribution in [-0.4, -0.2) is 35.7 Å². The number of anilines is 2. The van der Waals surface area contributed by atoms with E-state index >= 15 is 0 Å². The van der Waals surface area contributed by atoms with Crippen LogP contribution in [0.4, 0.5) is 11.5 Å². The fraction of sp³-hybridized carbons (Fsp3) is 0.150. The summed E-state index contributed by atoms with van der Waals surface area (Å²) in [5.41, 5.74) is 6.86. The van der Waals surface area contributed by atoms with E-state index in [1.165, 1.54) is 0 Å². The highest BCUT2D eigenvalue weighted by molar-refractivity contribution is 5.83. The fourth-order valence-electron chi connectivity index (χ4n) is 3.67. The molecule has 28 heavy (non-hydrogen) atoms. The van der Waals surface area contributed by atoms with Crippen molar-refractivity contribution in [2.45, 2.75) is 13.2 Å². The largest absolute Gasteiger partial charge is 0.373 e. The number of hydrogen-bond donors (Lipinski definition) is 2. The van der Waals surface area contributed by atoms with Gasteiger partial charge in [-0.1, -0.05) is 0 Å². The van der Waals surface area contributed by atoms with E-state index in [9.17, 15) is 0 Å². The number of ether oxygens (including phenoxy) is 1. The van der Waals surface area contributed by atoms with Crippen molar-refractivity contribution in [3.8, 4) is 11.1 Å². The van der Waals surface area contributed by atoms with Crippen molar-refractivity contribution in [2.24, 2.45) is 0 Å². The first-order chi connectivity index (χ1) is 13.8. The molecule has 0 amide bonds. The second kappa shape index (κ2) is 5.93. The first-order valence-electron chi connectivity index (χ1n) is 9.15. The summed E-state index contributed by atoms with van der Waals surface area (Å²) in [6.45, 7) is 2.06. The molecule has 5 aromatic heterocycles. The van der Waals surface area contributed by atoms with Gasteiger partial charge in [-0.05, 0) is 18.2 Å². The summed E-state index contributed by atoms with van der Waals surface area (Å²) < 4.78 is 9.50. The van der Waals surface area contributed by atoms with Crippen molar-refractivity contribution < 1.29 is 4.74 Å². The van der Waals surface area contributed by atoms with E-state index in [2.05, 4.69) is 43.7 Å². The second-order valence-corrected chi connectivity index (χ2v) is 6.86. The molecule has 2 N–H and O–H groups in total. The van der Waals surface area contributed by atoms with Crippen LogP contribution in [0.5, 0.6) is 0 Å². The topological polar surface area (TPSA) is 85.1 Å². The first kappa shape index (κ1) is 15.4. The van der Waals surface area contributed by atoms with Crippen molar-refractivity contribution in [3.63, 3.8) is 0 Å². The van der Waals surface area contributed by atoms with Gasteiger partial charge in [-0.15, -0.1) is 0 Å². The number of hydrogen-bond acceptors (Lipinski definition) is 5. The third-order valence-electron chi connectivity index (χ3n) is 5.04. The van der Waals surface area contributed by atoms with Gasteiger partial charge in [0.15, 0.2) is 11.5 Å². The summed E-state index contributed by atoms with van der Waals surface area (Å²) in [5.74, 6) is 0.792. The number of imidazole rings is 1. The molecule has 5 aromatic rings. The Morgan fingerprint density at radius 1 is 1.14 bits per heavy atom. The maximum atomic E-state index is 5.51. The van der Waals surface area contributed by atoms with E-state index in [1.54, 1.807) is 6.20 Å². The highest BCUT2D eigenvalue weighted by atomic mass is 16.5. The van der Waals surface area contributed by atoms with Crippen LogP contribution in [0.25, 0.3) is 27.8 Å². The van der Waals surface area contributed by atoms with Gasteiger partial charge in [-0.25, -0.2) is 4.98 Å². The maximum Gasteiger partial charge on any atom is 0.160 e. The number of fused-ring (bicyclic) bond motifs is 3. The van der Waals surface area contributed by atoms with Crippen molar-refractivity contribution in [1.29, 1.82) is 0 Å². The van der Waals surface area contributed by atoms with Crippen LogP contribution in [0.15, 0.2) is 55.2 Å². The highest BCUT2D eigenvalue weighted by Gasteiger charge is 2.14. The minimum Gasteiger partial charge on any atom is -0.373 e. The monoisotopic (exact) mass is 371 g/mol. The first-order valence-corrected chi connectivity index (χ1v) is 9.15. The summed E-state index contributed by atoms with van der Waals surface area (Å²) in [7, 11) is 0. The number of H-pyrrole nitrogens is 1. The molecule has 138 valence electrons. The third-order valence-corrected chi connectivity index (χ3v) is 5.04. The van der Waals surface area contributed by atoms with Crippen molar-refractivity contribution in [2.75, 3.05) is 11.9 Å². The maximum absolute atomic E-state index is 5.51. The fourth-order valence-corrected chi connectivity index (χ4v) is 3.67. The zero-order chi connectivity index (χ0) is 18.5. The summed E-state index contributed by atoms with van der Waals surface area (Å²) in [5, 5.41) is 8.08. The lowest BCUT2D eigenvalue weighted by Crippen LogP contribution is -2.16. The van der Waals surface area contributed by atoms with E-state index in [-0.39, 0.29) is 0 Å². The van der Waals surface area contributed by atoms with Gasteiger partial charge < -0.3 is 19.4 Å². The number of aromatic nitrogens is 6. The van der Waals surface area contributed by atoms with Crippen LogP contribution in [0.2, 0.25) is 0 Å². The predicted octanol–water partition coefficient (Wildman–Crippen LogP) is 3.35. The molecule has 0 unspecified atom stereocenters. The zero-order valence-electron chi connectivity index (χ0n) is 15.0. The lowest BCUT2D eigenvalue weighted by molar-refractivity contribution is 0.0801. The standard InChI is InChI=1S/C20H17N7O/c1-2-21-17-7-13(10-23-16(1)17)14-8-18(20-22-3-4-26(20)11-14)24-19-9-15-12-28-6-5-27(15)25-19/h1-4,7-11,21H,5-6,12H2,(H,24,25). The summed E-state index contributed by atoms with van der Waals surface area (Å²) >= 11 is 0. The number of pyridine rings is 2. The van der Waals surface area contributed by atoms with Crippen molar-refractivity contribution >= 4 is 28.2 Å². The Hall–Kier alpha value is -3.65. The van der Waals surface area contributed by atoms with Gasteiger partial charge in [-0.2, -0.15) is 5.10 Å². The molecule has 0 saturated carbocycles. The quantitative estimate of drug-likeness (QED) is 0.508. The Kier molecular flexibility index (Phi) is 3.26.